The van der Waals surface area contributed by atoms with E-state index in [1.807, 2.05) is 79.1 Å². The van der Waals surface area contributed by atoms with Crippen molar-refractivity contribution >= 4 is 63.1 Å². The number of nitrogens with one attached hydrogen (secondary N) is 2. The largest absolute Gasteiger partial charge is 0.443 e. The van der Waals surface area contributed by atoms with Crippen molar-refractivity contribution in [3.8, 4) is 11.3 Å². The highest BCUT2D eigenvalue weighted by molar-refractivity contribution is 6.38. The van der Waals surface area contributed by atoms with Crippen molar-refractivity contribution in [2.45, 2.75) is 205 Å². The van der Waals surface area contributed by atoms with E-state index >= 15 is 0 Å². The lowest BCUT2D eigenvalue weighted by atomic mass is 9.81. The van der Waals surface area contributed by atoms with Crippen LogP contribution in [0.5, 0.6) is 0 Å². The maximum Gasteiger partial charge on any atom is 0.407 e. The molecule has 122 heavy (non-hydrogen) atoms. The lowest BCUT2D eigenvalue weighted by Gasteiger charge is -2.40. The van der Waals surface area contributed by atoms with Crippen LogP contribution in [0.25, 0.3) is 33.3 Å². The maximum absolute atomic E-state index is 14.3. The van der Waals surface area contributed by atoms with Crippen LogP contribution in [-0.2, 0) is 95.0 Å². The molecule has 4 aromatic heterocycles. The summed E-state index contributed by atoms with van der Waals surface area (Å²) in [4.78, 5) is 102. The average molecular weight is 1710 g/mol. The van der Waals surface area contributed by atoms with Crippen molar-refractivity contribution in [1.82, 2.24) is 44.8 Å². The number of aliphatic hydroxyl groups excluding tert-OH is 1. The van der Waals surface area contributed by atoms with Gasteiger partial charge in [0.05, 0.1) is 193 Å². The van der Waals surface area contributed by atoms with Gasteiger partial charge in [0.2, 0.25) is 11.7 Å². The van der Waals surface area contributed by atoms with Gasteiger partial charge in [0.1, 0.15) is 41.2 Å². The van der Waals surface area contributed by atoms with Crippen LogP contribution in [0.4, 0.5) is 10.6 Å². The summed E-state index contributed by atoms with van der Waals surface area (Å²) in [6, 6.07) is 3.53. The number of fused-ring (bicyclic) bond motifs is 5. The second-order valence-corrected chi connectivity index (χ2v) is 32.4. The number of carbonyl (C=O) groups excluding carboxylic acids is 6. The molecule has 4 aromatic rings. The van der Waals surface area contributed by atoms with E-state index in [1.54, 1.807) is 40.3 Å². The van der Waals surface area contributed by atoms with E-state index in [9.17, 15) is 39.0 Å². The number of hydrogen-bond donors (Lipinski definition) is 5. The van der Waals surface area contributed by atoms with Gasteiger partial charge in [-0.25, -0.2) is 24.4 Å². The van der Waals surface area contributed by atoms with Crippen LogP contribution in [0.3, 0.4) is 0 Å². The second-order valence-electron chi connectivity index (χ2n) is 32.4. The third-order valence-corrected chi connectivity index (χ3v) is 23.3. The number of rotatable bonds is 41. The molecule has 1 aliphatic carbocycles. The van der Waals surface area contributed by atoms with Gasteiger partial charge >= 0.3 is 6.09 Å². The van der Waals surface area contributed by atoms with Gasteiger partial charge in [-0.15, -0.1) is 0 Å². The summed E-state index contributed by atoms with van der Waals surface area (Å²) in [6.45, 7) is 19.1. The summed E-state index contributed by atoms with van der Waals surface area (Å²) >= 11 is 0. The van der Waals surface area contributed by atoms with Crippen molar-refractivity contribution in [1.29, 1.82) is 0 Å². The van der Waals surface area contributed by atoms with Crippen molar-refractivity contribution < 1.29 is 110 Å². The molecule has 4 fully saturated rings. The maximum atomic E-state index is 14.3. The number of nitrogen functional groups attached to an aromatic ring is 1. The molecule has 2 bridgehead atoms. The first kappa shape index (κ1) is 98.4. The molecule has 3 amide bonds. The number of ketones is 3. The van der Waals surface area contributed by atoms with Crippen LogP contribution in [0.1, 0.15) is 156 Å². The monoisotopic (exact) mass is 1710 g/mol. The number of Topliss-reactive ketones (excluding diaryl/α,β-unsaturated/α-hetero) is 3. The number of likely N-dealkylation sites (tertiary alicyclic amines) is 1. The lowest BCUT2D eigenvalue weighted by Crippen LogP contribution is -2.57. The van der Waals surface area contributed by atoms with Gasteiger partial charge in [0, 0.05) is 101 Å². The van der Waals surface area contributed by atoms with Crippen molar-refractivity contribution in [3.05, 3.63) is 78.5 Å². The molecular formula is C89H136N10O23. The molecule has 0 aromatic carbocycles. The van der Waals surface area contributed by atoms with Crippen LogP contribution < -0.4 is 11.1 Å². The summed E-state index contributed by atoms with van der Waals surface area (Å²) in [6.07, 6.45) is 21.2. The minimum atomic E-state index is -2.30. The molecule has 0 spiro atoms. The highest BCUT2D eigenvalue weighted by atomic mass is 16.6. The number of hydrogen-bond acceptors (Lipinski definition) is 28. The van der Waals surface area contributed by atoms with Crippen molar-refractivity contribution in [2.75, 3.05) is 185 Å². The topological polar surface area (TPSA) is 398 Å². The van der Waals surface area contributed by atoms with Gasteiger partial charge in [-0.2, -0.15) is 5.10 Å². The number of pyridine rings is 1. The highest BCUT2D eigenvalue weighted by Crippen LogP contribution is 2.38. The van der Waals surface area contributed by atoms with Gasteiger partial charge in [-0.3, -0.25) is 24.0 Å². The Bertz CT molecular complexity index is 3940. The number of amides is 3. The number of nitrogens with two attached hydrogens (primary N) is 1. The number of aromatic nitrogens is 6. The third kappa shape index (κ3) is 32.5. The summed E-state index contributed by atoms with van der Waals surface area (Å²) in [5, 5.41) is 32.5. The summed E-state index contributed by atoms with van der Waals surface area (Å²) in [7, 11) is 3.20. The van der Waals surface area contributed by atoms with E-state index in [-0.39, 0.29) is 92.5 Å². The zero-order valence-electron chi connectivity index (χ0n) is 72.9. The van der Waals surface area contributed by atoms with Crippen molar-refractivity contribution in [3.63, 3.8) is 0 Å². The average Bonchev–Trinajstić information content (AvgIpc) is 1.60. The van der Waals surface area contributed by atoms with E-state index in [4.69, 9.17) is 81.9 Å². The van der Waals surface area contributed by atoms with Crippen LogP contribution in [0, 0.1) is 23.7 Å². The van der Waals surface area contributed by atoms with E-state index in [0.717, 1.165) is 47.9 Å². The Hall–Kier alpha value is -7.42. The third-order valence-electron chi connectivity index (χ3n) is 23.3. The summed E-state index contributed by atoms with van der Waals surface area (Å²) in [5.74, 6) is -4.59. The Morgan fingerprint density at radius 2 is 1.30 bits per heavy atom. The number of allylic oxidation sites excluding steroid dienone is 6. The number of ether oxygens (including phenoxy) is 15. The fourth-order valence-electron chi connectivity index (χ4n) is 16.1. The molecule has 5 aliphatic rings. The lowest BCUT2D eigenvalue weighted by molar-refractivity contribution is -0.245. The molecule has 1 unspecified atom stereocenters. The smallest absolute Gasteiger partial charge is 0.407 e. The van der Waals surface area contributed by atoms with Gasteiger partial charge in [0.25, 0.3) is 11.7 Å². The van der Waals surface area contributed by atoms with Gasteiger partial charge in [-0.1, -0.05) is 57.2 Å². The van der Waals surface area contributed by atoms with Crippen LogP contribution in [0.15, 0.2) is 78.5 Å². The van der Waals surface area contributed by atoms with Gasteiger partial charge < -0.3 is 107 Å². The first-order chi connectivity index (χ1) is 59.2. The Labute approximate surface area is 717 Å². The van der Waals surface area contributed by atoms with Gasteiger partial charge in [0.15, 0.2) is 5.65 Å². The van der Waals surface area contributed by atoms with Crippen LogP contribution >= 0.6 is 0 Å². The molecule has 3 saturated heterocycles. The number of aromatic amines is 1. The van der Waals surface area contributed by atoms with E-state index < -0.39 is 59.9 Å². The van der Waals surface area contributed by atoms with Crippen molar-refractivity contribution in [2.24, 2.45) is 23.7 Å². The molecule has 9 rings (SSSR count). The molecule has 4 aliphatic heterocycles. The zero-order chi connectivity index (χ0) is 86.9. The second kappa shape index (κ2) is 53.8. The first-order valence-corrected chi connectivity index (χ1v) is 44.0. The quantitative estimate of drug-likeness (QED) is 0.0157. The zero-order valence-corrected chi connectivity index (χ0v) is 72.9. The SMILES string of the molecule is CO[C@H]1CC2CCC[C@@](O)(O2)C(=O)C(=O)N2CCCC[C@H]2CO[C@H](CC[C@@H]2CC[C@@H](OC(=O)NCCOCCOCCOCCOCCOCCOCCOCCOCCOCCOCCC(=O)N3CCC(n4nc(-c5cnc6[nH]ccc6c5)c5c(N)ncnc54)CC3)[C@H](OC)C2)CC(=O)[C@H](C)/C=C(\C)[C@@H](O)CC(=O)[C@H](C)C[C@H](C)/C=C/C=CC=C1C. The molecule has 33 heteroatoms. The number of alkyl carbamates (subject to hydrolysis) is 1. The molecule has 12 atom stereocenters. The van der Waals surface area contributed by atoms with Gasteiger partial charge in [-0.05, 0) is 132 Å². The number of methoxy groups -OCH3 is 2. The number of anilines is 1. The Balaban J connectivity index is 0.548. The van der Waals surface area contributed by atoms with Crippen LogP contribution in [-0.4, -0.2) is 313 Å². The minimum Gasteiger partial charge on any atom is -0.443 e. The Morgan fingerprint density at radius 3 is 1.94 bits per heavy atom. The summed E-state index contributed by atoms with van der Waals surface area (Å²) < 4.78 is 88.5. The minimum absolute atomic E-state index is 0.0183. The number of nitrogens with zero attached hydrogens (tertiary/aromatic N) is 7. The predicted octanol–water partition coefficient (Wildman–Crippen LogP) is 8.96. The molecular weight excluding hydrogens is 1580 g/mol. The predicted molar refractivity (Wildman–Crippen MR) is 454 cm³/mol. The van der Waals surface area contributed by atoms with E-state index in [1.165, 1.54) is 11.2 Å². The van der Waals surface area contributed by atoms with Crippen LogP contribution in [0.2, 0.25) is 0 Å². The number of piperidine rings is 2. The molecule has 8 heterocycles. The summed E-state index contributed by atoms with van der Waals surface area (Å²) in [5.41, 5.74) is 10.8. The fraction of sp³-hybridized carbons (Fsp3) is 0.708. The molecule has 680 valence electrons. The first-order valence-electron chi connectivity index (χ1n) is 44.0. The Morgan fingerprint density at radius 1 is 0.664 bits per heavy atom. The Kier molecular flexibility index (Phi) is 43.4. The normalized spacial score (nSPS) is 25.9. The van der Waals surface area contributed by atoms with E-state index in [0.29, 0.717) is 244 Å². The highest BCUT2D eigenvalue weighted by Gasteiger charge is 2.49. The van der Waals surface area contributed by atoms with E-state index in [2.05, 4.69) is 25.3 Å². The standard InChI is InChI=1S/C89H136N10O23/c1-62-14-9-8-10-15-63(2)78(108-6)57-73-17-13-26-89(107,122-73)83(104)87(105)98-29-12-11-16-71(98)60-120-72(56-74(100)65(4)53-66(5)76(102)58-75(101)64(3)52-62)20-18-67-19-21-77(79(54-67)109-7)121-88(106)92-28-33-111-35-37-113-39-41-115-43-45-117-47-49-119-51-50-118-48-46-116-44-42-114-40-38-112-36-34-110-32-25-80(103)97-30-23-70(24-31-97)99-86-81(84(90)94-61-95-86)82(96-99)69-55-68-22-27-91-85(68)93-59-69/h8-10,14-15,22,27,53,55,59,61-62,64-65,67,70-73,76-79,102,107H,11-13,16-21,23-26,28-52,54,56-58,60H2,1-7H3,(H,91,93)(H,92,106)(H2,90,94,95)/b10-8?,14-9+,63-15?,66-53+/t62-,64-,65-,67-,71+,72-,73?,76+,77-,78+,79-,89-/m1/s1. The fourth-order valence-corrected chi connectivity index (χ4v) is 16.1. The molecule has 6 N–H and O–H groups in total. The molecule has 33 nitrogen and oxygen atoms in total. The molecule has 0 radical (unpaired) electrons. The number of carbonyl (C=O) groups is 6. The number of H-pyrrole nitrogens is 1. The number of aliphatic hydroxyl groups is 2. The molecule has 1 saturated carbocycles.